The van der Waals surface area contributed by atoms with Crippen molar-refractivity contribution >= 4 is 22.6 Å². The molecule has 0 fully saturated rings. The van der Waals surface area contributed by atoms with Gasteiger partial charge in [-0.1, -0.05) is 30.3 Å². The van der Waals surface area contributed by atoms with Gasteiger partial charge in [-0.05, 0) is 52.4 Å². The summed E-state index contributed by atoms with van der Waals surface area (Å²) in [6.45, 7) is 0.626. The zero-order valence-electron chi connectivity index (χ0n) is 8.19. The molecule has 0 heterocycles. The predicted octanol–water partition coefficient (Wildman–Crippen LogP) is 3.87. The maximum atomic E-state index is 5.64. The molecule has 2 rings (SSSR count). The number of rotatable bonds is 3. The van der Waals surface area contributed by atoms with Crippen LogP contribution in [-0.2, 0) is 6.61 Å². The fourth-order valence-electron chi connectivity index (χ4n) is 1.27. The van der Waals surface area contributed by atoms with E-state index >= 15 is 0 Å². The van der Waals surface area contributed by atoms with Crippen LogP contribution in [0.15, 0.2) is 54.6 Å². The number of hydrogen-bond acceptors (Lipinski definition) is 1. The largest absolute Gasteiger partial charge is 0.489 e. The van der Waals surface area contributed by atoms with Crippen molar-refractivity contribution in [3.63, 3.8) is 0 Å². The van der Waals surface area contributed by atoms with Crippen molar-refractivity contribution in [1.82, 2.24) is 0 Å². The molecular formula is C13H11IO. The van der Waals surface area contributed by atoms with Gasteiger partial charge in [-0.3, -0.25) is 0 Å². The highest BCUT2D eigenvalue weighted by atomic mass is 127. The predicted molar refractivity (Wildman–Crippen MR) is 69.9 cm³/mol. The first-order chi connectivity index (χ1) is 7.34. The van der Waals surface area contributed by atoms with Crippen molar-refractivity contribution in [1.29, 1.82) is 0 Å². The molecule has 0 spiro atoms. The molecule has 0 radical (unpaired) electrons. The summed E-state index contributed by atoms with van der Waals surface area (Å²) < 4.78 is 6.87. The van der Waals surface area contributed by atoms with E-state index < -0.39 is 0 Å². The summed E-state index contributed by atoms with van der Waals surface area (Å²) in [7, 11) is 0. The molecule has 1 nitrogen and oxygen atoms in total. The minimum absolute atomic E-state index is 0.626. The molecule has 0 aliphatic carbocycles. The molecule has 15 heavy (non-hydrogen) atoms. The van der Waals surface area contributed by atoms with Crippen LogP contribution in [0.2, 0.25) is 0 Å². The molecule has 0 saturated carbocycles. The van der Waals surface area contributed by atoms with Gasteiger partial charge in [-0.15, -0.1) is 0 Å². The zero-order valence-corrected chi connectivity index (χ0v) is 10.3. The highest BCUT2D eigenvalue weighted by molar-refractivity contribution is 14.1. The fraction of sp³-hybridized carbons (Fsp3) is 0.0769. The highest BCUT2D eigenvalue weighted by Crippen LogP contribution is 2.14. The first kappa shape index (κ1) is 10.5. The van der Waals surface area contributed by atoms with Gasteiger partial charge in [0.15, 0.2) is 0 Å². The summed E-state index contributed by atoms with van der Waals surface area (Å²) in [5.74, 6) is 0.916. The van der Waals surface area contributed by atoms with E-state index in [0.717, 1.165) is 5.75 Å². The normalized spacial score (nSPS) is 9.93. The van der Waals surface area contributed by atoms with Crippen molar-refractivity contribution in [2.45, 2.75) is 6.61 Å². The third kappa shape index (κ3) is 3.23. The minimum atomic E-state index is 0.626. The van der Waals surface area contributed by atoms with Crippen LogP contribution >= 0.6 is 22.6 Å². The monoisotopic (exact) mass is 322 g/mol. The Kier molecular flexibility index (Phi) is 3.61. The lowest BCUT2D eigenvalue weighted by atomic mass is 10.2. The molecule has 0 atom stereocenters. The lowest BCUT2D eigenvalue weighted by Gasteiger charge is -2.05. The third-order valence-electron chi connectivity index (χ3n) is 2.06. The maximum Gasteiger partial charge on any atom is 0.119 e. The van der Waals surface area contributed by atoms with Crippen LogP contribution in [-0.4, -0.2) is 0 Å². The van der Waals surface area contributed by atoms with Crippen molar-refractivity contribution in [3.05, 3.63) is 63.7 Å². The molecule has 0 bridgehead atoms. The minimum Gasteiger partial charge on any atom is -0.489 e. The molecule has 0 aliphatic rings. The third-order valence-corrected chi connectivity index (χ3v) is 2.78. The van der Waals surface area contributed by atoms with Crippen molar-refractivity contribution in [2.24, 2.45) is 0 Å². The molecule has 2 aromatic rings. The Morgan fingerprint density at radius 2 is 1.73 bits per heavy atom. The van der Waals surface area contributed by atoms with Crippen LogP contribution in [0, 0.1) is 3.57 Å². The molecule has 76 valence electrons. The molecule has 0 unspecified atom stereocenters. The van der Waals surface area contributed by atoms with Crippen LogP contribution in [0.25, 0.3) is 0 Å². The average molecular weight is 322 g/mol. The number of hydrogen-bond donors (Lipinski definition) is 0. The molecule has 0 saturated heterocycles. The Labute approximate surface area is 103 Å². The first-order valence-corrected chi connectivity index (χ1v) is 5.85. The van der Waals surface area contributed by atoms with E-state index in [1.54, 1.807) is 0 Å². The molecule has 0 N–H and O–H groups in total. The van der Waals surface area contributed by atoms with Crippen molar-refractivity contribution in [2.75, 3.05) is 0 Å². The summed E-state index contributed by atoms with van der Waals surface area (Å²) in [5, 5.41) is 0. The Morgan fingerprint density at radius 3 is 2.40 bits per heavy atom. The smallest absolute Gasteiger partial charge is 0.119 e. The standard InChI is InChI=1S/C13H11IO/c14-12-6-8-13(9-7-12)15-10-11-4-2-1-3-5-11/h1-9H,10H2/i6+2,7+2,8+2,9+2,12+2,13+2. The van der Waals surface area contributed by atoms with Gasteiger partial charge in [0.25, 0.3) is 0 Å². The second-order valence-electron chi connectivity index (χ2n) is 3.23. The molecule has 2 aromatic carbocycles. The van der Waals surface area contributed by atoms with E-state index in [9.17, 15) is 0 Å². The first-order valence-electron chi connectivity index (χ1n) is 4.77. The molecule has 0 aliphatic heterocycles. The maximum absolute atomic E-state index is 5.64. The SMILES string of the molecule is I[14c]1[14cH][14cH][14c](OCc2ccccc2)[14cH][14cH]1. The van der Waals surface area contributed by atoms with Crippen LogP contribution in [0.3, 0.4) is 0 Å². The second kappa shape index (κ2) is 5.16. The lowest BCUT2D eigenvalue weighted by Crippen LogP contribution is -1.94. The summed E-state index contributed by atoms with van der Waals surface area (Å²) >= 11 is 2.28. The van der Waals surface area contributed by atoms with Gasteiger partial charge < -0.3 is 4.74 Å². The van der Waals surface area contributed by atoms with Gasteiger partial charge >= 0.3 is 0 Å². The lowest BCUT2D eigenvalue weighted by molar-refractivity contribution is 0.306. The van der Waals surface area contributed by atoms with Gasteiger partial charge in [0.2, 0.25) is 0 Å². The Morgan fingerprint density at radius 1 is 1.07 bits per heavy atom. The molecule has 0 amide bonds. The van der Waals surface area contributed by atoms with E-state index in [4.69, 9.17) is 4.74 Å². The molecular weight excluding hydrogens is 311 g/mol. The van der Waals surface area contributed by atoms with E-state index in [1.165, 1.54) is 9.13 Å². The highest BCUT2D eigenvalue weighted by Gasteiger charge is 1.94. The number of ether oxygens (including phenoxy) is 1. The van der Waals surface area contributed by atoms with E-state index in [-0.39, 0.29) is 0 Å². The second-order valence-corrected chi connectivity index (χ2v) is 4.47. The molecule has 2 heteroatoms. The van der Waals surface area contributed by atoms with Gasteiger partial charge in [-0.25, -0.2) is 0 Å². The Bertz CT molecular complexity index is 408. The quantitative estimate of drug-likeness (QED) is 0.780. The average Bonchev–Trinajstić information content (AvgIpc) is 2.30. The summed E-state index contributed by atoms with van der Waals surface area (Å²) in [6.07, 6.45) is 0. The van der Waals surface area contributed by atoms with E-state index in [0.29, 0.717) is 6.61 Å². The number of halogens is 1. The summed E-state index contributed by atoms with van der Waals surface area (Å²) in [6, 6.07) is 18.2. The van der Waals surface area contributed by atoms with E-state index in [2.05, 4.69) is 34.7 Å². The summed E-state index contributed by atoms with van der Waals surface area (Å²) in [4.78, 5) is 0. The number of benzene rings is 2. The van der Waals surface area contributed by atoms with Crippen LogP contribution in [0.4, 0.5) is 0 Å². The van der Waals surface area contributed by atoms with Gasteiger partial charge in [0.1, 0.15) is 12.4 Å². The van der Waals surface area contributed by atoms with Crippen molar-refractivity contribution in [3.8, 4) is 5.75 Å². The Balaban J connectivity index is 1.96. The van der Waals surface area contributed by atoms with Gasteiger partial charge in [0.05, 0.1) is 0 Å². The van der Waals surface area contributed by atoms with Crippen molar-refractivity contribution < 1.29 is 4.74 Å². The van der Waals surface area contributed by atoms with Gasteiger partial charge in [0, 0.05) is 3.57 Å². The fourth-order valence-corrected chi connectivity index (χ4v) is 1.63. The summed E-state index contributed by atoms with van der Waals surface area (Å²) in [5.41, 5.74) is 1.19. The van der Waals surface area contributed by atoms with Gasteiger partial charge in [-0.2, -0.15) is 0 Å². The van der Waals surface area contributed by atoms with Crippen LogP contribution in [0.1, 0.15) is 5.56 Å². The topological polar surface area (TPSA) is 9.23 Å². The molecule has 0 aromatic heterocycles. The Hall–Kier alpha value is -1.03. The van der Waals surface area contributed by atoms with Crippen LogP contribution < -0.4 is 4.74 Å². The zero-order chi connectivity index (χ0) is 10.5. The van der Waals surface area contributed by atoms with Crippen LogP contribution in [0.5, 0.6) is 5.75 Å². The van der Waals surface area contributed by atoms with E-state index in [1.807, 2.05) is 42.5 Å².